The van der Waals surface area contributed by atoms with Crippen molar-refractivity contribution in [2.75, 3.05) is 0 Å². The molecule has 0 aliphatic heterocycles. The third-order valence-corrected chi connectivity index (χ3v) is 1.06. The van der Waals surface area contributed by atoms with Crippen molar-refractivity contribution < 1.29 is 19.5 Å². The summed E-state index contributed by atoms with van der Waals surface area (Å²) in [4.78, 5) is 0. The minimum atomic E-state index is -2.17. The molecular weight excluding hydrogens is 185 g/mol. The Morgan fingerprint density at radius 1 is 1.08 bits per heavy atom. The van der Waals surface area contributed by atoms with E-state index in [1.165, 1.54) is 24.3 Å². The highest BCUT2D eigenvalue weighted by Crippen LogP contribution is 2.07. The third-order valence-electron chi connectivity index (χ3n) is 0.804. The van der Waals surface area contributed by atoms with E-state index in [9.17, 15) is 4.39 Å². The molecule has 0 aliphatic rings. The van der Waals surface area contributed by atoms with Crippen LogP contribution in [-0.2, 0) is 0 Å². The molecule has 0 bridgehead atoms. The zero-order valence-electron chi connectivity index (χ0n) is 5.98. The predicted octanol–water partition coefficient (Wildman–Crippen LogP) is 0.427. The lowest BCUT2D eigenvalue weighted by Gasteiger charge is -1.84. The second-order valence-electron chi connectivity index (χ2n) is 1.78. The first kappa shape index (κ1) is 11.4. The fourth-order valence-corrected chi connectivity index (χ4v) is 0.556. The number of hydrogen-bond donors (Lipinski definition) is 3. The largest absolute Gasteiger partial charge is 0.631 e. The van der Waals surface area contributed by atoms with Gasteiger partial charge in [0.2, 0.25) is 0 Å². The molecular formula is C6H7BClFO3. The predicted molar refractivity (Wildman–Crippen MR) is 43.8 cm³/mol. The monoisotopic (exact) mass is 192 g/mol. The molecule has 1 aromatic rings. The van der Waals surface area contributed by atoms with Gasteiger partial charge in [0.25, 0.3) is 0 Å². The van der Waals surface area contributed by atoms with Crippen LogP contribution in [0.15, 0.2) is 24.3 Å². The average Bonchev–Trinajstić information content (AvgIpc) is 1.94. The molecule has 0 heterocycles. The Labute approximate surface area is 74.2 Å². The summed E-state index contributed by atoms with van der Waals surface area (Å²) in [6.07, 6.45) is 0. The highest BCUT2D eigenvalue weighted by Gasteiger charge is 1.92. The van der Waals surface area contributed by atoms with Gasteiger partial charge in [-0.15, -0.1) is 0 Å². The van der Waals surface area contributed by atoms with Crippen molar-refractivity contribution in [1.82, 2.24) is 0 Å². The first-order valence-corrected chi connectivity index (χ1v) is 3.35. The molecule has 0 amide bonds. The molecule has 1 aromatic carbocycles. The van der Waals surface area contributed by atoms with E-state index in [4.69, 9.17) is 26.7 Å². The zero-order valence-corrected chi connectivity index (χ0v) is 6.74. The number of benzene rings is 1. The number of rotatable bonds is 0. The van der Waals surface area contributed by atoms with Crippen LogP contribution in [0, 0.1) is 5.82 Å². The van der Waals surface area contributed by atoms with Gasteiger partial charge in [0, 0.05) is 5.02 Å². The molecule has 0 unspecified atom stereocenters. The fourth-order valence-electron chi connectivity index (χ4n) is 0.430. The van der Waals surface area contributed by atoms with Crippen LogP contribution >= 0.6 is 11.6 Å². The Morgan fingerprint density at radius 3 is 1.67 bits per heavy atom. The third kappa shape index (κ3) is 7.49. The maximum Gasteiger partial charge on any atom is 0.631 e. The van der Waals surface area contributed by atoms with Crippen LogP contribution in [0.2, 0.25) is 5.02 Å². The molecule has 0 saturated heterocycles. The molecule has 6 heteroatoms. The molecule has 66 valence electrons. The molecule has 0 aliphatic carbocycles. The smallest absolute Gasteiger partial charge is 0.402 e. The zero-order chi connectivity index (χ0) is 9.56. The highest BCUT2D eigenvalue weighted by molar-refractivity contribution is 6.30. The van der Waals surface area contributed by atoms with Crippen molar-refractivity contribution in [3.8, 4) is 0 Å². The first-order valence-electron chi connectivity index (χ1n) is 2.97. The van der Waals surface area contributed by atoms with Crippen molar-refractivity contribution in [2.24, 2.45) is 0 Å². The van der Waals surface area contributed by atoms with Crippen molar-refractivity contribution >= 4 is 18.9 Å². The van der Waals surface area contributed by atoms with Gasteiger partial charge in [-0.2, -0.15) is 0 Å². The molecule has 0 saturated carbocycles. The summed E-state index contributed by atoms with van der Waals surface area (Å²) in [7, 11) is -2.17. The van der Waals surface area contributed by atoms with Crippen LogP contribution < -0.4 is 0 Å². The van der Waals surface area contributed by atoms with Gasteiger partial charge in [-0.25, -0.2) is 4.39 Å². The molecule has 12 heavy (non-hydrogen) atoms. The standard InChI is InChI=1S/C6H4ClF.BH3O3/c7-5-1-3-6(8)4-2-5;2-1(3)4/h1-4H;2-4H. The fraction of sp³-hybridized carbons (Fsp3) is 0. The van der Waals surface area contributed by atoms with E-state index < -0.39 is 7.32 Å². The van der Waals surface area contributed by atoms with E-state index in [0.717, 1.165) is 0 Å². The van der Waals surface area contributed by atoms with Crippen LogP contribution in [0.3, 0.4) is 0 Å². The number of hydrogen-bond acceptors (Lipinski definition) is 3. The molecule has 0 radical (unpaired) electrons. The van der Waals surface area contributed by atoms with Crippen LogP contribution in [0.4, 0.5) is 4.39 Å². The second kappa shape index (κ2) is 5.96. The maximum absolute atomic E-state index is 12.0. The van der Waals surface area contributed by atoms with Crippen molar-refractivity contribution in [3.05, 3.63) is 35.1 Å². The molecule has 3 nitrogen and oxygen atoms in total. The summed E-state index contributed by atoms with van der Waals surface area (Å²) in [5.41, 5.74) is 0. The molecule has 0 atom stereocenters. The number of halogens is 2. The SMILES string of the molecule is Fc1ccc(Cl)cc1.OB(O)O. The van der Waals surface area contributed by atoms with E-state index in [0.29, 0.717) is 5.02 Å². The lowest BCUT2D eigenvalue weighted by molar-refractivity contribution is 0.278. The lowest BCUT2D eigenvalue weighted by atomic mass is 10.3. The van der Waals surface area contributed by atoms with E-state index in [2.05, 4.69) is 0 Å². The van der Waals surface area contributed by atoms with E-state index >= 15 is 0 Å². The van der Waals surface area contributed by atoms with Gasteiger partial charge in [0.15, 0.2) is 0 Å². The molecule has 0 fully saturated rings. The van der Waals surface area contributed by atoms with Crippen LogP contribution in [0.1, 0.15) is 0 Å². The van der Waals surface area contributed by atoms with Gasteiger partial charge < -0.3 is 15.1 Å². The van der Waals surface area contributed by atoms with E-state index in [-0.39, 0.29) is 5.82 Å². The summed E-state index contributed by atoms with van der Waals surface area (Å²) < 4.78 is 12.0. The van der Waals surface area contributed by atoms with Gasteiger partial charge >= 0.3 is 7.32 Å². The topological polar surface area (TPSA) is 60.7 Å². The van der Waals surface area contributed by atoms with Crippen molar-refractivity contribution in [1.29, 1.82) is 0 Å². The van der Waals surface area contributed by atoms with Gasteiger partial charge in [-0.3, -0.25) is 0 Å². The van der Waals surface area contributed by atoms with Crippen LogP contribution in [-0.4, -0.2) is 22.4 Å². The maximum atomic E-state index is 12.0. The Morgan fingerprint density at radius 2 is 1.42 bits per heavy atom. The summed E-state index contributed by atoms with van der Waals surface area (Å²) in [5, 5.41) is 22.1. The molecule has 3 N–H and O–H groups in total. The summed E-state index contributed by atoms with van der Waals surface area (Å²) >= 11 is 5.44. The van der Waals surface area contributed by atoms with Crippen molar-refractivity contribution in [2.45, 2.75) is 0 Å². The van der Waals surface area contributed by atoms with Crippen LogP contribution in [0.25, 0.3) is 0 Å². The lowest BCUT2D eigenvalue weighted by Crippen LogP contribution is -2.07. The van der Waals surface area contributed by atoms with Crippen LogP contribution in [0.5, 0.6) is 0 Å². The molecule has 0 aromatic heterocycles. The Kier molecular flexibility index (Phi) is 5.66. The summed E-state index contributed by atoms with van der Waals surface area (Å²) in [6.45, 7) is 0. The second-order valence-corrected chi connectivity index (χ2v) is 2.22. The Hall–Kier alpha value is -0.615. The average molecular weight is 192 g/mol. The molecule has 1 rings (SSSR count). The van der Waals surface area contributed by atoms with Gasteiger partial charge in [-0.05, 0) is 24.3 Å². The van der Waals surface area contributed by atoms with Gasteiger partial charge in [-0.1, -0.05) is 11.6 Å². The Balaban J connectivity index is 0.000000261. The minimum Gasteiger partial charge on any atom is -0.402 e. The minimum absolute atomic E-state index is 0.255. The first-order chi connectivity index (χ1) is 5.52. The van der Waals surface area contributed by atoms with Gasteiger partial charge in [0.05, 0.1) is 0 Å². The normalized spacial score (nSPS) is 8.42. The quantitative estimate of drug-likeness (QED) is 0.522. The van der Waals surface area contributed by atoms with Crippen molar-refractivity contribution in [3.63, 3.8) is 0 Å². The highest BCUT2D eigenvalue weighted by atomic mass is 35.5. The summed E-state index contributed by atoms with van der Waals surface area (Å²) in [6, 6.07) is 5.67. The van der Waals surface area contributed by atoms with E-state index in [1.54, 1.807) is 0 Å². The Bertz CT molecular complexity index is 193. The summed E-state index contributed by atoms with van der Waals surface area (Å²) in [5.74, 6) is -0.255. The molecule has 0 spiro atoms. The van der Waals surface area contributed by atoms with Gasteiger partial charge in [0.1, 0.15) is 5.82 Å². The van der Waals surface area contributed by atoms with E-state index in [1.807, 2.05) is 0 Å².